The van der Waals surface area contributed by atoms with Gasteiger partial charge in [-0.1, -0.05) is 22.9 Å². The van der Waals surface area contributed by atoms with E-state index >= 15 is 0 Å². The lowest BCUT2D eigenvalue weighted by Gasteiger charge is -2.20. The Morgan fingerprint density at radius 2 is 2.14 bits per heavy atom. The first kappa shape index (κ1) is 13.9. The highest BCUT2D eigenvalue weighted by Gasteiger charge is 2.14. The average Bonchev–Trinajstić information content (AvgIpc) is 2.95. The Labute approximate surface area is 131 Å². The summed E-state index contributed by atoms with van der Waals surface area (Å²) in [6.45, 7) is 2.09. The van der Waals surface area contributed by atoms with Crippen LogP contribution in [0.5, 0.6) is 5.75 Å². The monoisotopic (exact) mass is 345 g/mol. The van der Waals surface area contributed by atoms with Gasteiger partial charge in [0, 0.05) is 21.1 Å². The molecule has 1 unspecified atom stereocenters. The number of H-pyrrole nitrogens is 1. The summed E-state index contributed by atoms with van der Waals surface area (Å²) in [6, 6.07) is 11.6. The molecule has 0 amide bonds. The number of aromatic nitrogens is 2. The van der Waals surface area contributed by atoms with Crippen molar-refractivity contribution in [1.29, 1.82) is 0 Å². The zero-order chi connectivity index (χ0) is 14.8. The van der Waals surface area contributed by atoms with Crippen LogP contribution in [0, 0.1) is 0 Å². The second kappa shape index (κ2) is 5.77. The molecule has 108 valence electrons. The maximum absolute atomic E-state index is 10.1. The number of rotatable bonds is 4. The molecule has 2 aromatic carbocycles. The summed E-state index contributed by atoms with van der Waals surface area (Å²) in [7, 11) is 0. The van der Waals surface area contributed by atoms with Crippen LogP contribution < -0.4 is 5.32 Å². The number of anilines is 1. The fourth-order valence-corrected chi connectivity index (χ4v) is 2.81. The molecule has 0 fully saturated rings. The Bertz CT molecular complexity index is 769. The van der Waals surface area contributed by atoms with Crippen molar-refractivity contribution < 1.29 is 5.11 Å². The molecular weight excluding hydrogens is 330 g/mol. The van der Waals surface area contributed by atoms with E-state index in [1.807, 2.05) is 30.3 Å². The van der Waals surface area contributed by atoms with Crippen LogP contribution >= 0.6 is 15.9 Å². The largest absolute Gasteiger partial charge is 0.508 e. The quantitative estimate of drug-likeness (QED) is 0.647. The molecule has 1 heterocycles. The molecule has 0 saturated carbocycles. The molecule has 3 rings (SSSR count). The van der Waals surface area contributed by atoms with Crippen molar-refractivity contribution in [3.05, 3.63) is 52.6 Å². The van der Waals surface area contributed by atoms with E-state index in [9.17, 15) is 5.11 Å². The van der Waals surface area contributed by atoms with Crippen molar-refractivity contribution in [2.75, 3.05) is 5.32 Å². The van der Waals surface area contributed by atoms with Gasteiger partial charge in [0.05, 0.1) is 17.8 Å². The number of benzene rings is 2. The Kier molecular flexibility index (Phi) is 3.84. The molecule has 0 aliphatic heterocycles. The molecule has 0 spiro atoms. The number of aromatic amines is 1. The van der Waals surface area contributed by atoms with Crippen molar-refractivity contribution in [1.82, 2.24) is 10.2 Å². The summed E-state index contributed by atoms with van der Waals surface area (Å²) in [6.07, 6.45) is 2.67. The van der Waals surface area contributed by atoms with Gasteiger partial charge in [-0.15, -0.1) is 0 Å². The highest BCUT2D eigenvalue weighted by atomic mass is 79.9. The van der Waals surface area contributed by atoms with E-state index in [1.165, 1.54) is 0 Å². The molecule has 5 heteroatoms. The molecule has 0 aliphatic carbocycles. The first-order valence-corrected chi connectivity index (χ1v) is 7.64. The maximum atomic E-state index is 10.1. The summed E-state index contributed by atoms with van der Waals surface area (Å²) >= 11 is 3.45. The molecule has 0 radical (unpaired) electrons. The number of nitrogens with zero attached hydrogens (tertiary/aromatic N) is 1. The van der Waals surface area contributed by atoms with Gasteiger partial charge < -0.3 is 10.4 Å². The fourth-order valence-electron chi connectivity index (χ4n) is 2.43. The van der Waals surface area contributed by atoms with E-state index in [4.69, 9.17) is 0 Å². The molecule has 4 nitrogen and oxygen atoms in total. The predicted octanol–water partition coefficient (Wildman–Crippen LogP) is 4.59. The van der Waals surface area contributed by atoms with Crippen LogP contribution in [0.4, 0.5) is 5.69 Å². The highest BCUT2D eigenvalue weighted by Crippen LogP contribution is 2.32. The Morgan fingerprint density at radius 3 is 2.95 bits per heavy atom. The first-order chi connectivity index (χ1) is 10.2. The molecule has 1 aromatic heterocycles. The molecule has 3 N–H and O–H groups in total. The topological polar surface area (TPSA) is 60.9 Å². The molecule has 3 aromatic rings. The van der Waals surface area contributed by atoms with Gasteiger partial charge in [0.2, 0.25) is 0 Å². The van der Waals surface area contributed by atoms with Gasteiger partial charge in [-0.2, -0.15) is 5.10 Å². The number of phenolic OH excluding ortho intramolecular Hbond substituents is 1. The average molecular weight is 346 g/mol. The van der Waals surface area contributed by atoms with Crippen molar-refractivity contribution >= 4 is 32.5 Å². The number of halogens is 1. The Hall–Kier alpha value is -2.01. The third-order valence-corrected chi connectivity index (χ3v) is 4.05. The van der Waals surface area contributed by atoms with E-state index < -0.39 is 0 Å². The van der Waals surface area contributed by atoms with E-state index in [0.29, 0.717) is 5.75 Å². The van der Waals surface area contributed by atoms with Gasteiger partial charge in [0.1, 0.15) is 5.75 Å². The lowest BCUT2D eigenvalue weighted by molar-refractivity contribution is 0.462. The smallest absolute Gasteiger partial charge is 0.120 e. The normalized spacial score (nSPS) is 12.5. The lowest BCUT2D eigenvalue weighted by Crippen LogP contribution is -2.10. The number of hydrogen-bond donors (Lipinski definition) is 3. The Morgan fingerprint density at radius 1 is 1.29 bits per heavy atom. The minimum atomic E-state index is 0.0443. The standard InChI is InChI=1S/C16H16BrN3O/c1-2-14(13-7-11(17)4-6-16(13)21)19-12-5-3-10-9-18-20-15(10)8-12/h3-9,14,19,21H,2H2,1H3,(H,18,20). The van der Waals surface area contributed by atoms with E-state index in [1.54, 1.807) is 12.3 Å². The zero-order valence-electron chi connectivity index (χ0n) is 11.6. The first-order valence-electron chi connectivity index (χ1n) is 6.85. The van der Waals surface area contributed by atoms with Crippen LogP contribution in [0.15, 0.2) is 47.1 Å². The fraction of sp³-hybridized carbons (Fsp3) is 0.188. The van der Waals surface area contributed by atoms with Crippen LogP contribution in [0.25, 0.3) is 10.9 Å². The molecule has 0 saturated heterocycles. The minimum absolute atomic E-state index is 0.0443. The highest BCUT2D eigenvalue weighted by molar-refractivity contribution is 9.10. The van der Waals surface area contributed by atoms with Crippen molar-refractivity contribution in [3.63, 3.8) is 0 Å². The molecule has 1 atom stereocenters. The molecule has 0 bridgehead atoms. The van der Waals surface area contributed by atoms with Crippen LogP contribution in [0.1, 0.15) is 24.9 Å². The summed E-state index contributed by atoms with van der Waals surface area (Å²) in [5, 5.41) is 21.6. The minimum Gasteiger partial charge on any atom is -0.508 e. The van der Waals surface area contributed by atoms with Crippen LogP contribution in [-0.2, 0) is 0 Å². The summed E-state index contributed by atoms with van der Waals surface area (Å²) in [4.78, 5) is 0. The molecule has 0 aliphatic rings. The van der Waals surface area contributed by atoms with Gasteiger partial charge in [0.25, 0.3) is 0 Å². The van der Waals surface area contributed by atoms with E-state index in [-0.39, 0.29) is 6.04 Å². The zero-order valence-corrected chi connectivity index (χ0v) is 13.2. The van der Waals surface area contributed by atoms with Crippen molar-refractivity contribution in [3.8, 4) is 5.75 Å². The third kappa shape index (κ3) is 2.88. The number of fused-ring (bicyclic) bond motifs is 1. The molecular formula is C16H16BrN3O. The molecule has 21 heavy (non-hydrogen) atoms. The number of phenols is 1. The number of aromatic hydroxyl groups is 1. The van der Waals surface area contributed by atoms with Gasteiger partial charge in [-0.05, 0) is 42.8 Å². The van der Waals surface area contributed by atoms with Crippen LogP contribution in [0.2, 0.25) is 0 Å². The van der Waals surface area contributed by atoms with Crippen LogP contribution in [-0.4, -0.2) is 15.3 Å². The maximum Gasteiger partial charge on any atom is 0.120 e. The number of hydrogen-bond acceptors (Lipinski definition) is 3. The second-order valence-corrected chi connectivity index (χ2v) is 5.90. The third-order valence-electron chi connectivity index (χ3n) is 3.56. The van der Waals surface area contributed by atoms with Crippen molar-refractivity contribution in [2.24, 2.45) is 0 Å². The predicted molar refractivity (Wildman–Crippen MR) is 88.6 cm³/mol. The summed E-state index contributed by atoms with van der Waals surface area (Å²) in [5.74, 6) is 0.306. The number of nitrogens with one attached hydrogen (secondary N) is 2. The Balaban J connectivity index is 1.91. The second-order valence-electron chi connectivity index (χ2n) is 4.98. The lowest BCUT2D eigenvalue weighted by atomic mass is 10.0. The van der Waals surface area contributed by atoms with Gasteiger partial charge in [0.15, 0.2) is 0 Å². The van der Waals surface area contributed by atoms with Gasteiger partial charge in [-0.25, -0.2) is 0 Å². The van der Waals surface area contributed by atoms with E-state index in [2.05, 4.69) is 38.4 Å². The SMILES string of the molecule is CCC(Nc1ccc2cn[nH]c2c1)c1cc(Br)ccc1O. The van der Waals surface area contributed by atoms with Gasteiger partial charge >= 0.3 is 0 Å². The van der Waals surface area contributed by atoms with Crippen LogP contribution in [0.3, 0.4) is 0 Å². The summed E-state index contributed by atoms with van der Waals surface area (Å²) in [5.41, 5.74) is 2.88. The van der Waals surface area contributed by atoms with E-state index in [0.717, 1.165) is 33.0 Å². The van der Waals surface area contributed by atoms with Gasteiger partial charge in [-0.3, -0.25) is 5.10 Å². The summed E-state index contributed by atoms with van der Waals surface area (Å²) < 4.78 is 0.958. The van der Waals surface area contributed by atoms with Crippen molar-refractivity contribution in [2.45, 2.75) is 19.4 Å².